The van der Waals surface area contributed by atoms with E-state index in [-0.39, 0.29) is 29.9 Å². The highest BCUT2D eigenvalue weighted by Crippen LogP contribution is 2.23. The van der Waals surface area contributed by atoms with E-state index in [2.05, 4.69) is 5.32 Å². The second-order valence-corrected chi connectivity index (χ2v) is 11.5. The molecule has 0 saturated heterocycles. The summed E-state index contributed by atoms with van der Waals surface area (Å²) in [7, 11) is 0. The van der Waals surface area contributed by atoms with E-state index in [0.29, 0.717) is 19.3 Å². The highest BCUT2D eigenvalue weighted by Gasteiger charge is 2.31. The molecule has 0 aliphatic rings. The molecule has 0 rings (SSSR count). The summed E-state index contributed by atoms with van der Waals surface area (Å²) < 4.78 is 5.47. The Morgan fingerprint density at radius 3 is 1.95 bits per heavy atom. The first-order chi connectivity index (χ1) is 19.2. The third-order valence-electron chi connectivity index (χ3n) is 7.37. The van der Waals surface area contributed by atoms with Gasteiger partial charge in [0.05, 0.1) is 37.0 Å². The molecule has 0 bridgehead atoms. The second kappa shape index (κ2) is 21.2. The lowest BCUT2D eigenvalue weighted by molar-refractivity contribution is -0.161. The zero-order valence-corrected chi connectivity index (χ0v) is 25.5. The van der Waals surface area contributed by atoms with Gasteiger partial charge in [-0.1, -0.05) is 65.7 Å². The summed E-state index contributed by atoms with van der Waals surface area (Å²) in [5, 5.41) is 41.1. The summed E-state index contributed by atoms with van der Waals surface area (Å²) in [4.78, 5) is 59.1. The van der Waals surface area contributed by atoms with Crippen molar-refractivity contribution in [1.29, 1.82) is 0 Å². The molecule has 0 aromatic heterocycles. The van der Waals surface area contributed by atoms with Crippen LogP contribution in [0.25, 0.3) is 0 Å². The SMILES string of the molecule is CCCC[C@@H](C)C(=O)[C@@H](C[C@@H](C)CCCCCC[C@H](O)C[C@H](O)[C@@H](C)NC(C)=O)OC(=O)C[C@@H](CC(=O)O)C(=O)O. The standard InChI is InChI=1S/C30H53NO10/c1-6-7-13-20(3)29(38)26(41-28(37)17-23(30(39)40)16-27(35)36)15-19(2)12-10-8-9-11-14-24(33)18-25(34)21(4)31-22(5)32/h19-21,23-26,33-34H,6-18H2,1-5H3,(H,31,32)(H,35,36)(H,39,40)/t19-,20+,21+,23+,24-,25-,26+/m0/s1. The summed E-state index contributed by atoms with van der Waals surface area (Å²) in [5.74, 6) is -5.74. The van der Waals surface area contributed by atoms with Crippen LogP contribution in [-0.4, -0.2) is 74.4 Å². The van der Waals surface area contributed by atoms with E-state index in [4.69, 9.17) is 9.84 Å². The summed E-state index contributed by atoms with van der Waals surface area (Å²) in [5.41, 5.74) is 0. The van der Waals surface area contributed by atoms with Gasteiger partial charge in [-0.15, -0.1) is 0 Å². The Hall–Kier alpha value is -2.53. The number of rotatable bonds is 24. The fourth-order valence-corrected chi connectivity index (χ4v) is 4.78. The number of ketones is 1. The topological polar surface area (TPSA) is 188 Å². The van der Waals surface area contributed by atoms with E-state index in [1.54, 1.807) is 13.8 Å². The molecule has 0 aromatic carbocycles. The Morgan fingerprint density at radius 2 is 1.41 bits per heavy atom. The van der Waals surface area contributed by atoms with Crippen molar-refractivity contribution in [2.75, 3.05) is 0 Å². The molecule has 0 fully saturated rings. The molecule has 5 N–H and O–H groups in total. The summed E-state index contributed by atoms with van der Waals surface area (Å²) in [6.07, 6.45) is 3.88. The maximum Gasteiger partial charge on any atom is 0.307 e. The molecule has 11 nitrogen and oxygen atoms in total. The van der Waals surface area contributed by atoms with Crippen LogP contribution < -0.4 is 5.32 Å². The van der Waals surface area contributed by atoms with E-state index in [1.807, 2.05) is 13.8 Å². The number of aliphatic hydroxyl groups excluding tert-OH is 2. The fraction of sp³-hybridized carbons (Fsp3) is 0.833. The molecule has 7 atom stereocenters. The van der Waals surface area contributed by atoms with E-state index in [1.165, 1.54) is 6.92 Å². The van der Waals surface area contributed by atoms with E-state index >= 15 is 0 Å². The minimum Gasteiger partial charge on any atom is -0.481 e. The van der Waals surface area contributed by atoms with Crippen molar-refractivity contribution in [3.63, 3.8) is 0 Å². The molecule has 0 saturated carbocycles. The van der Waals surface area contributed by atoms with E-state index < -0.39 is 61.0 Å². The number of carboxylic acid groups (broad SMARTS) is 2. The molecule has 0 radical (unpaired) electrons. The van der Waals surface area contributed by atoms with Gasteiger partial charge in [0, 0.05) is 19.3 Å². The summed E-state index contributed by atoms with van der Waals surface area (Å²) in [6.45, 7) is 8.85. The van der Waals surface area contributed by atoms with Crippen LogP contribution in [0, 0.1) is 17.8 Å². The maximum atomic E-state index is 13.1. The number of carbonyl (C=O) groups excluding carboxylic acids is 3. The first kappa shape index (κ1) is 38.5. The molecule has 0 heterocycles. The van der Waals surface area contributed by atoms with Crippen LogP contribution in [-0.2, 0) is 28.7 Å². The largest absolute Gasteiger partial charge is 0.481 e. The first-order valence-corrected chi connectivity index (χ1v) is 15.0. The number of hydrogen-bond acceptors (Lipinski definition) is 8. The number of esters is 1. The Morgan fingerprint density at radius 1 is 0.805 bits per heavy atom. The Kier molecular flexibility index (Phi) is 19.9. The van der Waals surface area contributed by atoms with Crippen LogP contribution >= 0.6 is 0 Å². The molecule has 1 amide bonds. The molecule has 41 heavy (non-hydrogen) atoms. The Bertz CT molecular complexity index is 817. The monoisotopic (exact) mass is 587 g/mol. The second-order valence-electron chi connectivity index (χ2n) is 11.5. The molecule has 11 heteroatoms. The van der Waals surface area contributed by atoms with Gasteiger partial charge in [-0.3, -0.25) is 24.0 Å². The summed E-state index contributed by atoms with van der Waals surface area (Å²) in [6, 6.07) is -0.434. The number of Topliss-reactive ketones (excluding diaryl/α,β-unsaturated/α-hetero) is 1. The number of nitrogens with one attached hydrogen (secondary N) is 1. The summed E-state index contributed by atoms with van der Waals surface area (Å²) >= 11 is 0. The van der Waals surface area contributed by atoms with Crippen LogP contribution in [0.1, 0.15) is 118 Å². The van der Waals surface area contributed by atoms with Gasteiger partial charge in [-0.05, 0) is 32.1 Å². The van der Waals surface area contributed by atoms with Gasteiger partial charge in [0.1, 0.15) is 0 Å². The van der Waals surface area contributed by atoms with Gasteiger partial charge >= 0.3 is 17.9 Å². The van der Waals surface area contributed by atoms with E-state index in [9.17, 15) is 39.3 Å². The number of carboxylic acids is 2. The molecule has 238 valence electrons. The Balaban J connectivity index is 4.78. The number of unbranched alkanes of at least 4 members (excludes halogenated alkanes) is 4. The zero-order chi connectivity index (χ0) is 31.5. The number of ether oxygens (including phenoxy) is 1. The fourth-order valence-electron chi connectivity index (χ4n) is 4.78. The van der Waals surface area contributed by atoms with Crippen LogP contribution in [0.15, 0.2) is 0 Å². The normalized spacial score (nSPS) is 16.5. The van der Waals surface area contributed by atoms with Gasteiger partial charge in [0.15, 0.2) is 11.9 Å². The van der Waals surface area contributed by atoms with Crippen molar-refractivity contribution < 1.29 is 49.1 Å². The van der Waals surface area contributed by atoms with Crippen LogP contribution in [0.5, 0.6) is 0 Å². The number of carbonyl (C=O) groups is 5. The average molecular weight is 588 g/mol. The predicted molar refractivity (Wildman–Crippen MR) is 153 cm³/mol. The van der Waals surface area contributed by atoms with Crippen LogP contribution in [0.4, 0.5) is 0 Å². The molecular formula is C30H53NO10. The smallest absolute Gasteiger partial charge is 0.307 e. The van der Waals surface area contributed by atoms with Crippen molar-refractivity contribution in [2.24, 2.45) is 17.8 Å². The minimum atomic E-state index is -1.42. The molecular weight excluding hydrogens is 534 g/mol. The zero-order valence-electron chi connectivity index (χ0n) is 25.5. The minimum absolute atomic E-state index is 0.0559. The molecule has 0 unspecified atom stereocenters. The number of amides is 1. The van der Waals surface area contributed by atoms with Crippen molar-refractivity contribution in [1.82, 2.24) is 5.32 Å². The van der Waals surface area contributed by atoms with Gasteiger partial charge in [-0.25, -0.2) is 0 Å². The number of aliphatic carboxylic acids is 2. The quantitative estimate of drug-likeness (QED) is 0.0819. The van der Waals surface area contributed by atoms with Crippen molar-refractivity contribution >= 4 is 29.6 Å². The predicted octanol–water partition coefficient (Wildman–Crippen LogP) is 3.86. The van der Waals surface area contributed by atoms with Gasteiger partial charge < -0.3 is 30.5 Å². The number of aliphatic hydroxyl groups is 2. The lowest BCUT2D eigenvalue weighted by Gasteiger charge is -2.24. The van der Waals surface area contributed by atoms with Crippen molar-refractivity contribution in [2.45, 2.75) is 142 Å². The van der Waals surface area contributed by atoms with Gasteiger partial charge in [-0.2, -0.15) is 0 Å². The van der Waals surface area contributed by atoms with Crippen LogP contribution in [0.3, 0.4) is 0 Å². The highest BCUT2D eigenvalue weighted by molar-refractivity contribution is 5.88. The highest BCUT2D eigenvalue weighted by atomic mass is 16.5. The van der Waals surface area contributed by atoms with Crippen molar-refractivity contribution in [3.05, 3.63) is 0 Å². The third-order valence-corrected chi connectivity index (χ3v) is 7.37. The van der Waals surface area contributed by atoms with Crippen LogP contribution in [0.2, 0.25) is 0 Å². The lowest BCUT2D eigenvalue weighted by atomic mass is 9.89. The van der Waals surface area contributed by atoms with E-state index in [0.717, 1.165) is 44.9 Å². The molecule has 0 aromatic rings. The first-order valence-electron chi connectivity index (χ1n) is 15.0. The van der Waals surface area contributed by atoms with Crippen molar-refractivity contribution in [3.8, 4) is 0 Å². The Labute approximate surface area is 244 Å². The molecule has 0 spiro atoms. The molecule has 0 aliphatic heterocycles. The number of hydrogen-bond donors (Lipinski definition) is 5. The lowest BCUT2D eigenvalue weighted by Crippen LogP contribution is -2.41. The van der Waals surface area contributed by atoms with Gasteiger partial charge in [0.25, 0.3) is 0 Å². The third kappa shape index (κ3) is 18.5. The molecule has 0 aliphatic carbocycles. The van der Waals surface area contributed by atoms with Gasteiger partial charge in [0.2, 0.25) is 5.91 Å². The average Bonchev–Trinajstić information content (AvgIpc) is 2.87. The maximum absolute atomic E-state index is 13.1.